The molecule has 18 heavy (non-hydrogen) atoms. The van der Waals surface area contributed by atoms with Gasteiger partial charge < -0.3 is 14.8 Å². The Bertz CT molecular complexity index is 481. The van der Waals surface area contributed by atoms with Crippen LogP contribution in [0, 0.1) is 0 Å². The summed E-state index contributed by atoms with van der Waals surface area (Å²) in [6.45, 7) is -0.937. The lowest BCUT2D eigenvalue weighted by atomic mass is 10.00. The van der Waals surface area contributed by atoms with Gasteiger partial charge in [-0.05, 0) is 23.8 Å². The van der Waals surface area contributed by atoms with Crippen molar-refractivity contribution >= 4 is 22.0 Å². The molecule has 0 unspecified atom stereocenters. The first-order chi connectivity index (χ1) is 8.44. The molecule has 4 nitrogen and oxygen atoms in total. The third-order valence-electron chi connectivity index (χ3n) is 2.59. The fourth-order valence-corrected chi connectivity index (χ4v) is 2.16. The highest BCUT2D eigenvalue weighted by Crippen LogP contribution is 2.38. The van der Waals surface area contributed by atoms with Gasteiger partial charge in [0, 0.05) is 4.47 Å². The van der Waals surface area contributed by atoms with Crippen LogP contribution in [-0.2, 0) is 4.74 Å². The number of nitrogens with one attached hydrogen (secondary N) is 1. The molecule has 1 aromatic carbocycles. The highest BCUT2D eigenvalue weighted by Gasteiger charge is 2.47. The van der Waals surface area contributed by atoms with Gasteiger partial charge in [-0.2, -0.15) is 0 Å². The number of methoxy groups -OCH3 is 1. The monoisotopic (exact) mass is 321 g/mol. The van der Waals surface area contributed by atoms with Gasteiger partial charge in [-0.3, -0.25) is 0 Å². The molecule has 1 aromatic rings. The first-order valence-corrected chi connectivity index (χ1v) is 5.88. The minimum Gasteiger partial charge on any atom is -0.497 e. The Labute approximate surface area is 110 Å². The second-order valence-electron chi connectivity index (χ2n) is 3.80. The standard InChI is InChI=1S/C11H10BrF2NO3/c1-17-6-2-3-8(12)7(4-6)9-11(13,14)5-18-10(16)15-9/h2-4,9H,5H2,1H3,(H,15,16)/t9-/m1/s1. The maximum atomic E-state index is 13.7. The van der Waals surface area contributed by atoms with Gasteiger partial charge in [0.15, 0.2) is 6.61 Å². The van der Waals surface area contributed by atoms with Gasteiger partial charge >= 0.3 is 12.0 Å². The number of alkyl carbamates (subject to hydrolysis) is 1. The Hall–Kier alpha value is -1.37. The first-order valence-electron chi connectivity index (χ1n) is 5.08. The lowest BCUT2D eigenvalue weighted by Crippen LogP contribution is -2.49. The number of benzene rings is 1. The molecule has 0 aromatic heterocycles. The second-order valence-corrected chi connectivity index (χ2v) is 4.66. The van der Waals surface area contributed by atoms with Crippen LogP contribution >= 0.6 is 15.9 Å². The molecule has 98 valence electrons. The summed E-state index contributed by atoms with van der Waals surface area (Å²) in [6.07, 6.45) is -0.861. The van der Waals surface area contributed by atoms with Crippen molar-refractivity contribution in [3.05, 3.63) is 28.2 Å². The molecule has 7 heteroatoms. The third kappa shape index (κ3) is 2.40. The molecular weight excluding hydrogens is 312 g/mol. The van der Waals surface area contributed by atoms with Crippen LogP contribution in [0.5, 0.6) is 5.75 Å². The molecule has 1 aliphatic rings. The average molecular weight is 322 g/mol. The fraction of sp³-hybridized carbons (Fsp3) is 0.364. The van der Waals surface area contributed by atoms with E-state index < -0.39 is 24.7 Å². The van der Waals surface area contributed by atoms with E-state index in [2.05, 4.69) is 26.0 Å². The van der Waals surface area contributed by atoms with Crippen LogP contribution in [-0.4, -0.2) is 25.7 Å². The number of cyclic esters (lactones) is 1. The molecule has 0 radical (unpaired) electrons. The van der Waals surface area contributed by atoms with Crippen LogP contribution in [0.25, 0.3) is 0 Å². The number of alkyl halides is 2. The highest BCUT2D eigenvalue weighted by atomic mass is 79.9. The molecule has 1 N–H and O–H groups in total. The zero-order valence-electron chi connectivity index (χ0n) is 9.38. The van der Waals surface area contributed by atoms with Gasteiger partial charge in [0.2, 0.25) is 0 Å². The third-order valence-corrected chi connectivity index (χ3v) is 3.32. The molecule has 0 saturated carbocycles. The maximum Gasteiger partial charge on any atom is 0.408 e. The molecule has 1 heterocycles. The van der Waals surface area contributed by atoms with Crippen molar-refractivity contribution in [1.29, 1.82) is 0 Å². The van der Waals surface area contributed by atoms with Crippen molar-refractivity contribution in [2.24, 2.45) is 0 Å². The molecule has 1 atom stereocenters. The minimum atomic E-state index is -3.18. The van der Waals surface area contributed by atoms with Crippen molar-refractivity contribution in [3.63, 3.8) is 0 Å². The van der Waals surface area contributed by atoms with Crippen molar-refractivity contribution in [2.75, 3.05) is 13.7 Å². The predicted octanol–water partition coefficient (Wildman–Crippen LogP) is 2.87. The minimum absolute atomic E-state index is 0.246. The summed E-state index contributed by atoms with van der Waals surface area (Å²) in [5.74, 6) is -2.74. The Morgan fingerprint density at radius 1 is 1.56 bits per heavy atom. The first kappa shape index (κ1) is 13.1. The Morgan fingerprint density at radius 3 is 2.94 bits per heavy atom. The van der Waals surface area contributed by atoms with E-state index in [9.17, 15) is 13.6 Å². The quantitative estimate of drug-likeness (QED) is 0.911. The summed E-state index contributed by atoms with van der Waals surface area (Å²) >= 11 is 3.19. The van der Waals surface area contributed by atoms with Crippen molar-refractivity contribution < 1.29 is 23.0 Å². The van der Waals surface area contributed by atoms with Crippen molar-refractivity contribution in [1.82, 2.24) is 5.32 Å². The lowest BCUT2D eigenvalue weighted by Gasteiger charge is -2.32. The molecule has 1 amide bonds. The summed E-state index contributed by atoms with van der Waals surface area (Å²) in [5, 5.41) is 2.12. The number of halogens is 3. The number of ether oxygens (including phenoxy) is 2. The number of rotatable bonds is 2. The molecular formula is C11H10BrF2NO3. The summed E-state index contributed by atoms with van der Waals surface area (Å²) in [5.41, 5.74) is 0.246. The number of amides is 1. The normalized spacial score (nSPS) is 22.0. The molecule has 0 spiro atoms. The van der Waals surface area contributed by atoms with Crippen LogP contribution in [0.3, 0.4) is 0 Å². The fourth-order valence-electron chi connectivity index (χ4n) is 1.69. The Balaban J connectivity index is 2.42. The number of carbonyl (C=O) groups excluding carboxylic acids is 1. The molecule has 0 aliphatic carbocycles. The van der Waals surface area contributed by atoms with E-state index in [1.54, 1.807) is 12.1 Å². The molecule has 2 rings (SSSR count). The predicted molar refractivity (Wildman–Crippen MR) is 62.9 cm³/mol. The van der Waals surface area contributed by atoms with E-state index in [-0.39, 0.29) is 5.56 Å². The molecule has 1 aliphatic heterocycles. The number of hydrogen-bond acceptors (Lipinski definition) is 3. The second kappa shape index (κ2) is 4.72. The van der Waals surface area contributed by atoms with E-state index >= 15 is 0 Å². The Kier molecular flexibility index (Phi) is 3.43. The van der Waals surface area contributed by atoms with E-state index in [1.165, 1.54) is 13.2 Å². The summed E-state index contributed by atoms with van der Waals surface area (Å²) < 4.78 is 37.2. The van der Waals surface area contributed by atoms with E-state index in [0.717, 1.165) is 0 Å². The van der Waals surface area contributed by atoms with E-state index in [0.29, 0.717) is 10.2 Å². The van der Waals surface area contributed by atoms with Crippen LogP contribution < -0.4 is 10.1 Å². The van der Waals surface area contributed by atoms with Crippen molar-refractivity contribution in [2.45, 2.75) is 12.0 Å². The van der Waals surface area contributed by atoms with Crippen molar-refractivity contribution in [3.8, 4) is 5.75 Å². The topological polar surface area (TPSA) is 47.6 Å². The molecule has 1 fully saturated rings. The van der Waals surface area contributed by atoms with Crippen LogP contribution in [0.2, 0.25) is 0 Å². The van der Waals surface area contributed by atoms with E-state index in [4.69, 9.17) is 4.74 Å². The van der Waals surface area contributed by atoms with Crippen LogP contribution in [0.4, 0.5) is 13.6 Å². The van der Waals surface area contributed by atoms with Gasteiger partial charge in [0.05, 0.1) is 7.11 Å². The summed E-state index contributed by atoms with van der Waals surface area (Å²) in [7, 11) is 1.44. The highest BCUT2D eigenvalue weighted by molar-refractivity contribution is 9.10. The average Bonchev–Trinajstić information content (AvgIpc) is 2.33. The number of carbonyl (C=O) groups is 1. The summed E-state index contributed by atoms with van der Waals surface area (Å²) in [6, 6.07) is 3.23. The van der Waals surface area contributed by atoms with Gasteiger partial charge in [-0.1, -0.05) is 15.9 Å². The zero-order valence-corrected chi connectivity index (χ0v) is 11.0. The summed E-state index contributed by atoms with van der Waals surface area (Å²) in [4.78, 5) is 11.1. The van der Waals surface area contributed by atoms with Gasteiger partial charge in [-0.25, -0.2) is 13.6 Å². The lowest BCUT2D eigenvalue weighted by molar-refractivity contribution is -0.104. The molecule has 0 bridgehead atoms. The Morgan fingerprint density at radius 2 is 2.28 bits per heavy atom. The molecule has 1 saturated heterocycles. The number of hydrogen-bond donors (Lipinski definition) is 1. The van der Waals surface area contributed by atoms with Crippen LogP contribution in [0.1, 0.15) is 11.6 Å². The smallest absolute Gasteiger partial charge is 0.408 e. The van der Waals surface area contributed by atoms with Gasteiger partial charge in [0.25, 0.3) is 0 Å². The zero-order chi connectivity index (χ0) is 13.3. The maximum absolute atomic E-state index is 13.7. The largest absolute Gasteiger partial charge is 0.497 e. The van der Waals surface area contributed by atoms with Gasteiger partial charge in [0.1, 0.15) is 11.8 Å². The van der Waals surface area contributed by atoms with Crippen LogP contribution in [0.15, 0.2) is 22.7 Å². The van der Waals surface area contributed by atoms with Gasteiger partial charge in [-0.15, -0.1) is 0 Å². The van der Waals surface area contributed by atoms with E-state index in [1.807, 2.05) is 0 Å². The SMILES string of the molecule is COc1ccc(Br)c([C@H]2NC(=O)OCC2(F)F)c1.